The Balaban J connectivity index is 1.93. The molecule has 3 nitrogen and oxygen atoms in total. The Kier molecular flexibility index (Phi) is 5.14. The molecule has 6 heteroatoms. The summed E-state index contributed by atoms with van der Waals surface area (Å²) in [6.07, 6.45) is 0.471. The van der Waals surface area contributed by atoms with Crippen molar-refractivity contribution in [3.8, 4) is 0 Å². The van der Waals surface area contributed by atoms with Crippen LogP contribution in [0.15, 0.2) is 18.2 Å². The van der Waals surface area contributed by atoms with Crippen molar-refractivity contribution in [2.75, 3.05) is 6.54 Å². The molecule has 0 unspecified atom stereocenters. The zero-order chi connectivity index (χ0) is 14.5. The highest BCUT2D eigenvalue weighted by molar-refractivity contribution is 7.11. The standard InChI is InChI=1S/C14H17F2N3S/c1-9(2)7-17-8-14-19-18-13(20-14)6-10-3-4-11(15)12(16)5-10/h3-5,9,17H,6-8H2,1-2H3. The molecule has 0 aliphatic carbocycles. The third-order valence-corrected chi connectivity index (χ3v) is 3.60. The predicted octanol–water partition coefficient (Wildman–Crippen LogP) is 3.15. The van der Waals surface area contributed by atoms with E-state index in [9.17, 15) is 8.78 Å². The average molecular weight is 297 g/mol. The highest BCUT2D eigenvalue weighted by Gasteiger charge is 2.08. The van der Waals surface area contributed by atoms with E-state index in [0.29, 0.717) is 24.4 Å². The van der Waals surface area contributed by atoms with Crippen molar-refractivity contribution in [3.05, 3.63) is 45.4 Å². The maximum absolute atomic E-state index is 13.1. The van der Waals surface area contributed by atoms with Gasteiger partial charge in [-0.25, -0.2) is 8.78 Å². The minimum atomic E-state index is -0.829. The van der Waals surface area contributed by atoms with E-state index in [0.717, 1.165) is 22.6 Å². The molecule has 0 fully saturated rings. The van der Waals surface area contributed by atoms with Gasteiger partial charge in [-0.05, 0) is 30.2 Å². The fourth-order valence-corrected chi connectivity index (χ4v) is 2.57. The molecule has 108 valence electrons. The first-order chi connectivity index (χ1) is 9.54. The van der Waals surface area contributed by atoms with Crippen LogP contribution in [-0.4, -0.2) is 16.7 Å². The number of halogens is 2. The van der Waals surface area contributed by atoms with Gasteiger partial charge in [-0.3, -0.25) is 0 Å². The predicted molar refractivity (Wildman–Crippen MR) is 75.6 cm³/mol. The number of rotatable bonds is 6. The minimum Gasteiger partial charge on any atom is -0.310 e. The molecule has 20 heavy (non-hydrogen) atoms. The van der Waals surface area contributed by atoms with Crippen LogP contribution in [-0.2, 0) is 13.0 Å². The molecule has 0 saturated heterocycles. The molecular formula is C14H17F2N3S. The summed E-state index contributed by atoms with van der Waals surface area (Å²) in [5.41, 5.74) is 0.696. The van der Waals surface area contributed by atoms with E-state index in [2.05, 4.69) is 29.4 Å². The Morgan fingerprint density at radius 1 is 1.15 bits per heavy atom. The van der Waals surface area contributed by atoms with E-state index < -0.39 is 11.6 Å². The van der Waals surface area contributed by atoms with Crippen LogP contribution in [0.3, 0.4) is 0 Å². The molecule has 0 bridgehead atoms. The molecular weight excluding hydrogens is 280 g/mol. The monoisotopic (exact) mass is 297 g/mol. The van der Waals surface area contributed by atoms with Crippen molar-refractivity contribution < 1.29 is 8.78 Å². The number of benzene rings is 1. The van der Waals surface area contributed by atoms with Crippen molar-refractivity contribution in [1.29, 1.82) is 0 Å². The zero-order valence-corrected chi connectivity index (χ0v) is 12.3. The van der Waals surface area contributed by atoms with Gasteiger partial charge < -0.3 is 5.32 Å². The molecule has 0 spiro atoms. The van der Waals surface area contributed by atoms with Crippen LogP contribution in [0.2, 0.25) is 0 Å². The molecule has 2 rings (SSSR count). The molecule has 0 aliphatic heterocycles. The first kappa shape index (κ1) is 15.0. The van der Waals surface area contributed by atoms with E-state index in [-0.39, 0.29) is 0 Å². The molecule has 2 aromatic rings. The Morgan fingerprint density at radius 2 is 1.90 bits per heavy atom. The van der Waals surface area contributed by atoms with E-state index >= 15 is 0 Å². The molecule has 0 amide bonds. The van der Waals surface area contributed by atoms with Gasteiger partial charge in [0.15, 0.2) is 11.6 Å². The fraction of sp³-hybridized carbons (Fsp3) is 0.429. The van der Waals surface area contributed by atoms with Crippen LogP contribution >= 0.6 is 11.3 Å². The van der Waals surface area contributed by atoms with Crippen LogP contribution in [0.5, 0.6) is 0 Å². The lowest BCUT2D eigenvalue weighted by Gasteiger charge is -2.04. The number of nitrogens with one attached hydrogen (secondary N) is 1. The maximum atomic E-state index is 13.1. The zero-order valence-electron chi connectivity index (χ0n) is 11.5. The molecule has 0 atom stereocenters. The summed E-state index contributed by atoms with van der Waals surface area (Å²) >= 11 is 1.49. The highest BCUT2D eigenvalue weighted by atomic mass is 32.1. The Labute approximate surface area is 121 Å². The maximum Gasteiger partial charge on any atom is 0.159 e. The third kappa shape index (κ3) is 4.31. The van der Waals surface area contributed by atoms with Crippen LogP contribution in [0.4, 0.5) is 8.78 Å². The van der Waals surface area contributed by atoms with E-state index in [1.165, 1.54) is 17.4 Å². The van der Waals surface area contributed by atoms with Gasteiger partial charge in [0.2, 0.25) is 0 Å². The average Bonchev–Trinajstić information content (AvgIpc) is 2.81. The molecule has 1 aromatic heterocycles. The molecule has 1 heterocycles. The van der Waals surface area contributed by atoms with Crippen LogP contribution in [0, 0.1) is 17.6 Å². The highest BCUT2D eigenvalue weighted by Crippen LogP contribution is 2.16. The third-order valence-electron chi connectivity index (χ3n) is 2.68. The number of nitrogens with zero attached hydrogens (tertiary/aromatic N) is 2. The van der Waals surface area contributed by atoms with Gasteiger partial charge in [0.05, 0.1) is 0 Å². The summed E-state index contributed by atoms with van der Waals surface area (Å²) in [7, 11) is 0. The second-order valence-corrected chi connectivity index (χ2v) is 6.19. The van der Waals surface area contributed by atoms with E-state index in [1.54, 1.807) is 6.07 Å². The quantitative estimate of drug-likeness (QED) is 0.890. The smallest absolute Gasteiger partial charge is 0.159 e. The van der Waals surface area contributed by atoms with Gasteiger partial charge in [-0.15, -0.1) is 10.2 Å². The summed E-state index contributed by atoms with van der Waals surface area (Å²) in [4.78, 5) is 0. The van der Waals surface area contributed by atoms with Crippen LogP contribution in [0.25, 0.3) is 0 Å². The molecule has 0 aliphatic rings. The van der Waals surface area contributed by atoms with Crippen molar-refractivity contribution in [1.82, 2.24) is 15.5 Å². The summed E-state index contributed by atoms with van der Waals surface area (Å²) in [5.74, 6) is -1.07. The topological polar surface area (TPSA) is 37.8 Å². The molecule has 1 N–H and O–H groups in total. The summed E-state index contributed by atoms with van der Waals surface area (Å²) < 4.78 is 25.9. The molecule has 0 radical (unpaired) electrons. The Hall–Kier alpha value is -1.40. The largest absolute Gasteiger partial charge is 0.310 e. The van der Waals surface area contributed by atoms with Crippen molar-refractivity contribution in [2.45, 2.75) is 26.8 Å². The van der Waals surface area contributed by atoms with Gasteiger partial charge in [-0.1, -0.05) is 31.3 Å². The van der Waals surface area contributed by atoms with Crippen molar-refractivity contribution in [2.24, 2.45) is 5.92 Å². The van der Waals surface area contributed by atoms with Gasteiger partial charge in [0, 0.05) is 13.0 Å². The van der Waals surface area contributed by atoms with E-state index in [1.807, 2.05) is 0 Å². The molecule has 0 saturated carbocycles. The lowest BCUT2D eigenvalue weighted by molar-refractivity contribution is 0.507. The summed E-state index contributed by atoms with van der Waals surface area (Å²) in [5, 5.41) is 13.2. The van der Waals surface area contributed by atoms with Gasteiger partial charge in [-0.2, -0.15) is 0 Å². The first-order valence-corrected chi connectivity index (χ1v) is 7.32. The number of aromatic nitrogens is 2. The van der Waals surface area contributed by atoms with Gasteiger partial charge >= 0.3 is 0 Å². The lowest BCUT2D eigenvalue weighted by atomic mass is 10.1. The lowest BCUT2D eigenvalue weighted by Crippen LogP contribution is -2.18. The van der Waals surface area contributed by atoms with Crippen molar-refractivity contribution >= 4 is 11.3 Å². The van der Waals surface area contributed by atoms with Crippen molar-refractivity contribution in [3.63, 3.8) is 0 Å². The second-order valence-electron chi connectivity index (χ2n) is 5.04. The Morgan fingerprint density at radius 3 is 2.60 bits per heavy atom. The minimum absolute atomic E-state index is 0.471. The first-order valence-electron chi connectivity index (χ1n) is 6.50. The van der Waals surface area contributed by atoms with Crippen LogP contribution < -0.4 is 5.32 Å². The summed E-state index contributed by atoms with van der Waals surface area (Å²) in [6, 6.07) is 3.90. The SMILES string of the molecule is CC(C)CNCc1nnc(Cc2ccc(F)c(F)c2)s1. The second kappa shape index (κ2) is 6.85. The van der Waals surface area contributed by atoms with Gasteiger partial charge in [0.1, 0.15) is 10.0 Å². The summed E-state index contributed by atoms with van der Waals surface area (Å²) in [6.45, 7) is 5.90. The molecule has 1 aromatic carbocycles. The van der Waals surface area contributed by atoms with Gasteiger partial charge in [0.25, 0.3) is 0 Å². The number of hydrogen-bond acceptors (Lipinski definition) is 4. The van der Waals surface area contributed by atoms with Crippen LogP contribution in [0.1, 0.15) is 29.4 Å². The fourth-order valence-electron chi connectivity index (χ4n) is 1.72. The van der Waals surface area contributed by atoms with E-state index in [4.69, 9.17) is 0 Å². The number of hydrogen-bond donors (Lipinski definition) is 1. The normalized spacial score (nSPS) is 11.2. The Bertz CT molecular complexity index is 569.